The first-order valence-electron chi connectivity index (χ1n) is 11.5. The number of anilines is 1. The van der Waals surface area contributed by atoms with Crippen molar-refractivity contribution in [3.05, 3.63) is 64.5 Å². The van der Waals surface area contributed by atoms with Crippen molar-refractivity contribution in [1.82, 2.24) is 4.98 Å². The Bertz CT molecular complexity index is 1390. The molecule has 2 aromatic heterocycles. The van der Waals surface area contributed by atoms with Crippen LogP contribution in [-0.4, -0.2) is 23.5 Å². The van der Waals surface area contributed by atoms with Crippen molar-refractivity contribution in [2.75, 3.05) is 11.9 Å². The highest BCUT2D eigenvalue weighted by molar-refractivity contribution is 7.24. The fraction of sp³-hybridized carbons (Fsp3) is 0.296. The van der Waals surface area contributed by atoms with Gasteiger partial charge in [0.1, 0.15) is 34.4 Å². The third kappa shape index (κ3) is 5.07. The Labute approximate surface area is 208 Å². The summed E-state index contributed by atoms with van der Waals surface area (Å²) in [5.74, 6) is 1.20. The number of aryl methyl sites for hydroxylation is 3. The fourth-order valence-electron chi connectivity index (χ4n) is 3.65. The van der Waals surface area contributed by atoms with E-state index in [9.17, 15) is 9.59 Å². The van der Waals surface area contributed by atoms with E-state index in [0.29, 0.717) is 45.5 Å². The molecule has 0 saturated carbocycles. The van der Waals surface area contributed by atoms with E-state index in [4.69, 9.17) is 13.9 Å². The number of amides is 1. The molecule has 0 spiro atoms. The first kappa shape index (κ1) is 24.5. The Kier molecular flexibility index (Phi) is 7.21. The Balaban J connectivity index is 1.68. The number of hydrogen-bond acceptors (Lipinski definition) is 7. The average Bonchev–Trinajstić information content (AvgIpc) is 3.39. The molecule has 0 saturated heterocycles. The van der Waals surface area contributed by atoms with Gasteiger partial charge in [-0.2, -0.15) is 0 Å². The number of esters is 1. The molecule has 0 unspecified atom stereocenters. The predicted molar refractivity (Wildman–Crippen MR) is 137 cm³/mol. The minimum absolute atomic E-state index is 0.178. The molecule has 8 heteroatoms. The van der Waals surface area contributed by atoms with Crippen molar-refractivity contribution in [3.63, 3.8) is 0 Å². The molecule has 0 atom stereocenters. The van der Waals surface area contributed by atoms with E-state index in [1.54, 1.807) is 13.8 Å². The molecular weight excluding hydrogens is 464 g/mol. The van der Waals surface area contributed by atoms with Crippen LogP contribution in [0.15, 0.2) is 40.8 Å². The summed E-state index contributed by atoms with van der Waals surface area (Å²) in [7, 11) is 0. The smallest absolute Gasteiger partial charge is 0.341 e. The maximum Gasteiger partial charge on any atom is 0.341 e. The summed E-state index contributed by atoms with van der Waals surface area (Å²) in [5.41, 5.74) is 4.01. The molecule has 182 valence electrons. The van der Waals surface area contributed by atoms with Gasteiger partial charge in [-0.05, 0) is 45.4 Å². The molecule has 0 radical (unpaired) electrons. The quantitative estimate of drug-likeness (QED) is 0.279. The van der Waals surface area contributed by atoms with E-state index in [-0.39, 0.29) is 19.1 Å². The van der Waals surface area contributed by atoms with Crippen molar-refractivity contribution in [3.8, 4) is 17.2 Å². The summed E-state index contributed by atoms with van der Waals surface area (Å²) in [6.45, 7) is 9.78. The SMILES string of the molecule is CCOC(=O)c1c(NC(=O)CC)sc2c(OCc3nc(-c4ccc(C)cc4)oc3C)c(C)ccc12. The van der Waals surface area contributed by atoms with Crippen LogP contribution in [0.25, 0.3) is 21.5 Å². The van der Waals surface area contributed by atoms with Gasteiger partial charge in [0.2, 0.25) is 11.8 Å². The van der Waals surface area contributed by atoms with Crippen LogP contribution in [-0.2, 0) is 16.1 Å². The Morgan fingerprint density at radius 1 is 1.06 bits per heavy atom. The Morgan fingerprint density at radius 3 is 2.49 bits per heavy atom. The Morgan fingerprint density at radius 2 is 1.80 bits per heavy atom. The third-order valence-corrected chi connectivity index (χ3v) is 6.73. The molecule has 0 aliphatic carbocycles. The van der Waals surface area contributed by atoms with Crippen molar-refractivity contribution in [2.24, 2.45) is 0 Å². The molecule has 7 nitrogen and oxygen atoms in total. The predicted octanol–water partition coefficient (Wildman–Crippen LogP) is 6.59. The number of nitrogens with zero attached hydrogens (tertiary/aromatic N) is 1. The number of nitrogens with one attached hydrogen (secondary N) is 1. The summed E-state index contributed by atoms with van der Waals surface area (Å²) in [6.07, 6.45) is 0.299. The van der Waals surface area contributed by atoms with Crippen molar-refractivity contribution >= 4 is 38.3 Å². The highest BCUT2D eigenvalue weighted by atomic mass is 32.1. The lowest BCUT2D eigenvalue weighted by molar-refractivity contribution is -0.115. The molecule has 0 aliphatic rings. The average molecular weight is 493 g/mol. The van der Waals surface area contributed by atoms with Crippen molar-refractivity contribution in [2.45, 2.75) is 47.6 Å². The molecule has 0 aliphatic heterocycles. The molecule has 4 aromatic rings. The minimum Gasteiger partial charge on any atom is -0.485 e. The fourth-order valence-corrected chi connectivity index (χ4v) is 4.90. The summed E-state index contributed by atoms with van der Waals surface area (Å²) in [4.78, 5) is 29.5. The van der Waals surface area contributed by atoms with Crippen LogP contribution >= 0.6 is 11.3 Å². The molecule has 1 N–H and O–H groups in total. The molecule has 1 amide bonds. The van der Waals surface area contributed by atoms with Gasteiger partial charge in [-0.15, -0.1) is 11.3 Å². The standard InChI is InChI=1S/C27H28N2O5S/c1-6-21(30)29-26-22(27(31)32-7-2)19-13-10-16(4)23(24(19)35-26)33-14-20-17(5)34-25(28-20)18-11-8-15(3)9-12-18/h8-13H,6-7,14H2,1-5H3,(H,29,30). The van der Waals surface area contributed by atoms with E-state index in [1.165, 1.54) is 11.3 Å². The van der Waals surface area contributed by atoms with Gasteiger partial charge in [-0.3, -0.25) is 4.79 Å². The van der Waals surface area contributed by atoms with E-state index in [2.05, 4.69) is 10.3 Å². The highest BCUT2D eigenvalue weighted by Crippen LogP contribution is 2.43. The summed E-state index contributed by atoms with van der Waals surface area (Å²) >= 11 is 1.30. The van der Waals surface area contributed by atoms with Gasteiger partial charge in [-0.1, -0.05) is 36.8 Å². The second-order valence-corrected chi connectivity index (χ2v) is 9.21. The van der Waals surface area contributed by atoms with Gasteiger partial charge in [0.15, 0.2) is 0 Å². The van der Waals surface area contributed by atoms with E-state index < -0.39 is 5.97 Å². The number of carbonyl (C=O) groups excluding carboxylic acids is 2. The van der Waals surface area contributed by atoms with Gasteiger partial charge in [0.05, 0.1) is 11.3 Å². The monoisotopic (exact) mass is 492 g/mol. The zero-order chi connectivity index (χ0) is 25.1. The van der Waals surface area contributed by atoms with Crippen LogP contribution in [0.4, 0.5) is 5.00 Å². The molecule has 4 rings (SSSR count). The normalized spacial score (nSPS) is 11.0. The number of ether oxygens (including phenoxy) is 2. The number of aromatic nitrogens is 1. The van der Waals surface area contributed by atoms with Crippen LogP contribution in [0, 0.1) is 20.8 Å². The summed E-state index contributed by atoms with van der Waals surface area (Å²) < 4.78 is 18.2. The maximum absolute atomic E-state index is 12.8. The first-order valence-corrected chi connectivity index (χ1v) is 12.3. The molecule has 0 bridgehead atoms. The third-order valence-electron chi connectivity index (χ3n) is 5.61. The second-order valence-electron chi connectivity index (χ2n) is 8.19. The lowest BCUT2D eigenvalue weighted by atomic mass is 10.1. The molecule has 35 heavy (non-hydrogen) atoms. The zero-order valence-electron chi connectivity index (χ0n) is 20.5. The lowest BCUT2D eigenvalue weighted by Gasteiger charge is -2.09. The van der Waals surface area contributed by atoms with Gasteiger partial charge >= 0.3 is 5.97 Å². The molecule has 0 fully saturated rings. The molecule has 2 heterocycles. The summed E-state index contributed by atoms with van der Waals surface area (Å²) in [6, 6.07) is 11.7. The zero-order valence-corrected chi connectivity index (χ0v) is 21.3. The van der Waals surface area contributed by atoms with Gasteiger partial charge in [0.25, 0.3) is 0 Å². The number of rotatable bonds is 8. The number of carbonyl (C=O) groups is 2. The minimum atomic E-state index is -0.477. The van der Waals surface area contributed by atoms with Crippen molar-refractivity contribution < 1.29 is 23.5 Å². The van der Waals surface area contributed by atoms with Crippen LogP contribution < -0.4 is 10.1 Å². The van der Waals surface area contributed by atoms with Gasteiger partial charge < -0.3 is 19.2 Å². The van der Waals surface area contributed by atoms with Crippen LogP contribution in [0.3, 0.4) is 0 Å². The first-order chi connectivity index (χ1) is 16.8. The van der Waals surface area contributed by atoms with Crippen LogP contribution in [0.2, 0.25) is 0 Å². The lowest BCUT2D eigenvalue weighted by Crippen LogP contribution is -2.12. The number of oxazole rings is 1. The molecular formula is C27H28N2O5S. The number of hydrogen-bond donors (Lipinski definition) is 1. The van der Waals surface area contributed by atoms with Gasteiger partial charge in [0, 0.05) is 17.4 Å². The topological polar surface area (TPSA) is 90.7 Å². The molecule has 2 aromatic carbocycles. The number of fused-ring (bicyclic) bond motifs is 1. The highest BCUT2D eigenvalue weighted by Gasteiger charge is 2.24. The largest absolute Gasteiger partial charge is 0.485 e. The van der Waals surface area contributed by atoms with Crippen LogP contribution in [0.5, 0.6) is 5.75 Å². The number of benzene rings is 2. The Hall–Kier alpha value is -3.65. The van der Waals surface area contributed by atoms with E-state index >= 15 is 0 Å². The van der Waals surface area contributed by atoms with Crippen LogP contribution in [0.1, 0.15) is 53.2 Å². The van der Waals surface area contributed by atoms with E-state index in [1.807, 2.05) is 57.2 Å². The second kappa shape index (κ2) is 10.3. The number of thiophene rings is 1. The van der Waals surface area contributed by atoms with Gasteiger partial charge in [-0.25, -0.2) is 9.78 Å². The van der Waals surface area contributed by atoms with Crippen molar-refractivity contribution in [1.29, 1.82) is 0 Å². The maximum atomic E-state index is 12.8. The summed E-state index contributed by atoms with van der Waals surface area (Å²) in [5, 5.41) is 3.98. The van der Waals surface area contributed by atoms with E-state index in [0.717, 1.165) is 21.4 Å².